The summed E-state index contributed by atoms with van der Waals surface area (Å²) in [4.78, 5) is 35.7. The van der Waals surface area contributed by atoms with Gasteiger partial charge in [-0.3, -0.25) is 9.79 Å². The molecule has 2 heterocycles. The fraction of sp³-hybridized carbons (Fsp3) is 0.429. The van der Waals surface area contributed by atoms with Gasteiger partial charge in [-0.15, -0.1) is 11.3 Å². The smallest absolute Gasteiger partial charge is 0.350 e. The Morgan fingerprint density at radius 2 is 2.13 bits per heavy atom. The average molecular weight is 430 g/mol. The number of rotatable bonds is 6. The number of anilines is 1. The summed E-state index contributed by atoms with van der Waals surface area (Å²) >= 11 is 1.30. The first-order valence-electron chi connectivity index (χ1n) is 9.94. The number of fused-ring (bicyclic) bond motifs is 1. The molecular weight excluding hydrogens is 402 g/mol. The lowest BCUT2D eigenvalue weighted by atomic mass is 10.2. The van der Waals surface area contributed by atoms with E-state index in [9.17, 15) is 9.59 Å². The predicted octanol–water partition coefficient (Wildman–Crippen LogP) is 2.44. The maximum Gasteiger partial charge on any atom is 0.350 e. The van der Waals surface area contributed by atoms with Gasteiger partial charge in [0.15, 0.2) is 5.96 Å². The van der Waals surface area contributed by atoms with Gasteiger partial charge in [0.25, 0.3) is 0 Å². The number of aryl methyl sites for hydroxylation is 1. The Hall–Kier alpha value is -2.94. The first-order chi connectivity index (χ1) is 14.4. The maximum atomic E-state index is 12.7. The van der Waals surface area contributed by atoms with Crippen LogP contribution >= 0.6 is 11.3 Å². The summed E-state index contributed by atoms with van der Waals surface area (Å²) in [6.45, 7) is 6.64. The number of esters is 1. The summed E-state index contributed by atoms with van der Waals surface area (Å²) in [5, 5.41) is 7.05. The molecule has 1 aliphatic heterocycles. The number of nitrogens with zero attached hydrogens (tertiary/aromatic N) is 3. The Morgan fingerprint density at radius 3 is 2.87 bits per heavy atom. The molecule has 160 valence electrons. The second-order valence-corrected chi connectivity index (χ2v) is 7.93. The number of aliphatic imine (C=N–C) groups is 1. The molecule has 0 radical (unpaired) electrons. The Bertz CT molecular complexity index is 956. The molecule has 1 unspecified atom stereocenters. The Kier molecular flexibility index (Phi) is 7.04. The number of guanidine groups is 1. The summed E-state index contributed by atoms with van der Waals surface area (Å²) in [6.07, 6.45) is 0.873. The lowest BCUT2D eigenvalue weighted by Crippen LogP contribution is -2.45. The van der Waals surface area contributed by atoms with Crippen LogP contribution in [0.1, 0.15) is 45.8 Å². The number of ether oxygens (including phenoxy) is 1. The second-order valence-electron chi connectivity index (χ2n) is 6.90. The highest BCUT2D eigenvalue weighted by Crippen LogP contribution is 2.27. The van der Waals surface area contributed by atoms with E-state index in [1.807, 2.05) is 25.1 Å². The Labute approximate surface area is 180 Å². The van der Waals surface area contributed by atoms with E-state index in [2.05, 4.69) is 26.7 Å². The number of para-hydroxylation sites is 1. The molecule has 1 aromatic heterocycles. The van der Waals surface area contributed by atoms with Crippen molar-refractivity contribution in [3.05, 3.63) is 45.4 Å². The van der Waals surface area contributed by atoms with Gasteiger partial charge in [0.1, 0.15) is 9.88 Å². The zero-order valence-electron chi connectivity index (χ0n) is 17.7. The van der Waals surface area contributed by atoms with Crippen molar-refractivity contribution in [3.8, 4) is 0 Å². The number of carbonyl (C=O) groups is 2. The van der Waals surface area contributed by atoms with E-state index in [4.69, 9.17) is 4.74 Å². The monoisotopic (exact) mass is 429 g/mol. The normalized spacial score (nSPS) is 14.3. The lowest BCUT2D eigenvalue weighted by Gasteiger charge is -2.20. The number of carbonyl (C=O) groups excluding carboxylic acids is 2. The van der Waals surface area contributed by atoms with Crippen molar-refractivity contribution in [1.29, 1.82) is 0 Å². The average Bonchev–Trinajstić information content (AvgIpc) is 3.34. The number of nitrogens with one attached hydrogen (secondary N) is 2. The van der Waals surface area contributed by atoms with E-state index >= 15 is 0 Å². The number of amides is 1. The van der Waals surface area contributed by atoms with Gasteiger partial charge in [-0.05, 0) is 38.8 Å². The summed E-state index contributed by atoms with van der Waals surface area (Å²) in [7, 11) is 1.65. The topological polar surface area (TPSA) is 95.9 Å². The van der Waals surface area contributed by atoms with Gasteiger partial charge in [0.2, 0.25) is 5.91 Å². The minimum absolute atomic E-state index is 0.00903. The fourth-order valence-corrected chi connectivity index (χ4v) is 4.27. The molecule has 0 bridgehead atoms. The number of hydrogen-bond donors (Lipinski definition) is 2. The number of hydrogen-bond acceptors (Lipinski definition) is 6. The minimum Gasteiger partial charge on any atom is -0.462 e. The third-order valence-electron chi connectivity index (χ3n) is 4.82. The highest BCUT2D eigenvalue weighted by atomic mass is 32.1. The fourth-order valence-electron chi connectivity index (χ4n) is 3.30. The molecule has 1 aromatic carbocycles. The quantitative estimate of drug-likeness (QED) is 0.416. The van der Waals surface area contributed by atoms with E-state index in [0.29, 0.717) is 29.7 Å². The van der Waals surface area contributed by atoms with Gasteiger partial charge < -0.3 is 20.3 Å². The van der Waals surface area contributed by atoms with Crippen molar-refractivity contribution >= 4 is 34.9 Å². The van der Waals surface area contributed by atoms with Crippen molar-refractivity contribution in [2.45, 2.75) is 33.2 Å². The second kappa shape index (κ2) is 9.71. The zero-order valence-corrected chi connectivity index (χ0v) is 18.5. The molecule has 1 atom stereocenters. The lowest BCUT2D eigenvalue weighted by molar-refractivity contribution is -0.117. The van der Waals surface area contributed by atoms with E-state index in [0.717, 1.165) is 17.1 Å². The SMILES string of the molecule is CCOC(=O)c1sc(C(C)NC(=NC)NCC(=O)N2CCc3ccccc32)nc1C. The van der Waals surface area contributed by atoms with Gasteiger partial charge in [0, 0.05) is 19.3 Å². The zero-order chi connectivity index (χ0) is 21.7. The molecule has 1 amide bonds. The van der Waals surface area contributed by atoms with Crippen LogP contribution in [0, 0.1) is 6.92 Å². The molecule has 2 aromatic rings. The molecule has 0 fully saturated rings. The van der Waals surface area contributed by atoms with Crippen LogP contribution in [0.3, 0.4) is 0 Å². The number of aromatic nitrogens is 1. The van der Waals surface area contributed by atoms with Crippen LogP contribution in [0.25, 0.3) is 0 Å². The van der Waals surface area contributed by atoms with E-state index in [1.165, 1.54) is 16.9 Å². The highest BCUT2D eigenvalue weighted by molar-refractivity contribution is 7.13. The standard InChI is InChI=1S/C21H27N5O3S/c1-5-29-20(28)18-13(2)24-19(30-18)14(3)25-21(22-4)23-12-17(27)26-11-10-15-8-6-7-9-16(15)26/h6-9,14H,5,10-12H2,1-4H3,(H2,22,23,25). The van der Waals surface area contributed by atoms with Crippen LogP contribution in [0.5, 0.6) is 0 Å². The molecular formula is C21H27N5O3S. The molecule has 8 nitrogen and oxygen atoms in total. The molecule has 30 heavy (non-hydrogen) atoms. The van der Waals surface area contributed by atoms with Crippen molar-refractivity contribution < 1.29 is 14.3 Å². The van der Waals surface area contributed by atoms with Gasteiger partial charge >= 0.3 is 5.97 Å². The largest absolute Gasteiger partial charge is 0.462 e. The first kappa shape index (κ1) is 21.8. The highest BCUT2D eigenvalue weighted by Gasteiger charge is 2.24. The van der Waals surface area contributed by atoms with Gasteiger partial charge in [-0.1, -0.05) is 18.2 Å². The molecule has 2 N–H and O–H groups in total. The Balaban J connectivity index is 1.58. The van der Waals surface area contributed by atoms with Gasteiger partial charge in [0.05, 0.1) is 24.9 Å². The summed E-state index contributed by atoms with van der Waals surface area (Å²) in [5.74, 6) is 0.129. The van der Waals surface area contributed by atoms with E-state index in [-0.39, 0.29) is 24.5 Å². The minimum atomic E-state index is -0.357. The summed E-state index contributed by atoms with van der Waals surface area (Å²) < 4.78 is 5.08. The third-order valence-corrected chi connectivity index (χ3v) is 6.14. The van der Waals surface area contributed by atoms with Crippen LogP contribution in [-0.4, -0.2) is 49.6 Å². The summed E-state index contributed by atoms with van der Waals surface area (Å²) in [6, 6.07) is 7.78. The predicted molar refractivity (Wildman–Crippen MR) is 118 cm³/mol. The molecule has 0 saturated heterocycles. The summed E-state index contributed by atoms with van der Waals surface area (Å²) in [5.41, 5.74) is 2.82. The van der Waals surface area contributed by atoms with Crippen molar-refractivity contribution in [3.63, 3.8) is 0 Å². The van der Waals surface area contributed by atoms with Crippen LogP contribution in [-0.2, 0) is 16.0 Å². The van der Waals surface area contributed by atoms with Gasteiger partial charge in [-0.25, -0.2) is 9.78 Å². The van der Waals surface area contributed by atoms with Crippen molar-refractivity contribution in [1.82, 2.24) is 15.6 Å². The van der Waals surface area contributed by atoms with Gasteiger partial charge in [-0.2, -0.15) is 0 Å². The first-order valence-corrected chi connectivity index (χ1v) is 10.8. The van der Waals surface area contributed by atoms with E-state index < -0.39 is 0 Å². The van der Waals surface area contributed by atoms with Crippen LogP contribution in [0.4, 0.5) is 5.69 Å². The number of thiazole rings is 1. The van der Waals surface area contributed by atoms with Crippen molar-refractivity contribution in [2.75, 3.05) is 31.6 Å². The van der Waals surface area contributed by atoms with Crippen LogP contribution < -0.4 is 15.5 Å². The molecule has 0 spiro atoms. The third kappa shape index (κ3) is 4.79. The molecule has 1 aliphatic rings. The van der Waals surface area contributed by atoms with Crippen LogP contribution in [0.15, 0.2) is 29.3 Å². The molecule has 9 heteroatoms. The van der Waals surface area contributed by atoms with Crippen LogP contribution in [0.2, 0.25) is 0 Å². The van der Waals surface area contributed by atoms with E-state index in [1.54, 1.807) is 25.8 Å². The molecule has 0 aliphatic carbocycles. The van der Waals surface area contributed by atoms with Crippen molar-refractivity contribution in [2.24, 2.45) is 4.99 Å². The Morgan fingerprint density at radius 1 is 1.37 bits per heavy atom. The molecule has 0 saturated carbocycles. The maximum absolute atomic E-state index is 12.7. The number of benzene rings is 1. The molecule has 3 rings (SSSR count).